The molecule has 1 aromatic heterocycles. The molecule has 0 unspecified atom stereocenters. The molecule has 1 N–H and O–H groups in total. The van der Waals surface area contributed by atoms with Crippen molar-refractivity contribution in [1.29, 1.82) is 0 Å². The fourth-order valence-electron chi connectivity index (χ4n) is 1.55. The first-order valence-corrected chi connectivity index (χ1v) is 6.94. The molecule has 0 radical (unpaired) electrons. The minimum atomic E-state index is -0.200. The van der Waals surface area contributed by atoms with Crippen LogP contribution in [-0.4, -0.2) is 16.0 Å². The van der Waals surface area contributed by atoms with Crippen LogP contribution in [0.2, 0.25) is 0 Å². The van der Waals surface area contributed by atoms with Crippen LogP contribution in [0.5, 0.6) is 0 Å². The summed E-state index contributed by atoms with van der Waals surface area (Å²) in [5, 5.41) is 3.86. The van der Waals surface area contributed by atoms with Crippen LogP contribution < -0.4 is 5.32 Å². The van der Waals surface area contributed by atoms with Gasteiger partial charge >= 0.3 is 0 Å². The van der Waals surface area contributed by atoms with Crippen LogP contribution >= 0.6 is 11.8 Å². The van der Waals surface area contributed by atoms with Crippen LogP contribution in [0.15, 0.2) is 46.7 Å². The van der Waals surface area contributed by atoms with Gasteiger partial charge in [0.2, 0.25) is 0 Å². The van der Waals surface area contributed by atoms with E-state index in [0.29, 0.717) is 23.3 Å². The van der Waals surface area contributed by atoms with Crippen molar-refractivity contribution in [1.82, 2.24) is 15.3 Å². The molecule has 0 fully saturated rings. The van der Waals surface area contributed by atoms with Gasteiger partial charge in [0.05, 0.1) is 0 Å². The SMILES string of the molecule is CC(C)NCc1c(F)cccc1Sc1ncccn1. The Kier molecular flexibility index (Phi) is 4.87. The Morgan fingerprint density at radius 1 is 1.21 bits per heavy atom. The van der Waals surface area contributed by atoms with Crippen molar-refractivity contribution in [2.75, 3.05) is 0 Å². The van der Waals surface area contributed by atoms with E-state index in [2.05, 4.69) is 15.3 Å². The molecule has 100 valence electrons. The van der Waals surface area contributed by atoms with E-state index in [1.54, 1.807) is 24.5 Å². The Morgan fingerprint density at radius 2 is 1.95 bits per heavy atom. The lowest BCUT2D eigenvalue weighted by Crippen LogP contribution is -2.22. The number of rotatable bonds is 5. The molecular weight excluding hydrogens is 261 g/mol. The summed E-state index contributed by atoms with van der Waals surface area (Å²) in [6, 6.07) is 7.15. The molecule has 1 aromatic carbocycles. The summed E-state index contributed by atoms with van der Waals surface area (Å²) in [6.45, 7) is 4.57. The summed E-state index contributed by atoms with van der Waals surface area (Å²) >= 11 is 1.38. The lowest BCUT2D eigenvalue weighted by Gasteiger charge is -2.12. The predicted molar refractivity (Wildman–Crippen MR) is 74.5 cm³/mol. The van der Waals surface area contributed by atoms with E-state index in [1.807, 2.05) is 19.9 Å². The Labute approximate surface area is 116 Å². The maximum atomic E-state index is 13.9. The standard InChI is InChI=1S/C14H16FN3S/c1-10(2)18-9-11-12(15)5-3-6-13(11)19-14-16-7-4-8-17-14/h3-8,10,18H,9H2,1-2H3. The molecule has 0 saturated heterocycles. The molecule has 5 heteroatoms. The molecule has 19 heavy (non-hydrogen) atoms. The summed E-state index contributed by atoms with van der Waals surface area (Å²) < 4.78 is 13.9. The van der Waals surface area contributed by atoms with E-state index in [-0.39, 0.29) is 5.82 Å². The van der Waals surface area contributed by atoms with Crippen LogP contribution in [0, 0.1) is 5.82 Å². The largest absolute Gasteiger partial charge is 0.310 e. The zero-order valence-corrected chi connectivity index (χ0v) is 11.7. The van der Waals surface area contributed by atoms with Crippen molar-refractivity contribution in [2.45, 2.75) is 36.5 Å². The van der Waals surface area contributed by atoms with Gasteiger partial charge in [-0.15, -0.1) is 0 Å². The summed E-state index contributed by atoms with van der Waals surface area (Å²) in [5.41, 5.74) is 0.661. The Morgan fingerprint density at radius 3 is 2.63 bits per heavy atom. The third kappa shape index (κ3) is 4.01. The van der Waals surface area contributed by atoms with Gasteiger partial charge in [0, 0.05) is 35.4 Å². The summed E-state index contributed by atoms with van der Waals surface area (Å²) in [6.07, 6.45) is 3.36. The molecule has 2 rings (SSSR count). The van der Waals surface area contributed by atoms with Crippen molar-refractivity contribution in [3.63, 3.8) is 0 Å². The Bertz CT molecular complexity index is 531. The van der Waals surface area contributed by atoms with Gasteiger partial charge in [-0.2, -0.15) is 0 Å². The van der Waals surface area contributed by atoms with Crippen LogP contribution in [0.4, 0.5) is 4.39 Å². The molecular formula is C14H16FN3S. The number of hydrogen-bond donors (Lipinski definition) is 1. The average molecular weight is 277 g/mol. The quantitative estimate of drug-likeness (QED) is 0.851. The number of nitrogens with one attached hydrogen (secondary N) is 1. The maximum Gasteiger partial charge on any atom is 0.192 e. The van der Waals surface area contributed by atoms with Crippen LogP contribution in [0.25, 0.3) is 0 Å². The highest BCUT2D eigenvalue weighted by Crippen LogP contribution is 2.29. The fraction of sp³-hybridized carbons (Fsp3) is 0.286. The van der Waals surface area contributed by atoms with Gasteiger partial charge in [0.1, 0.15) is 5.82 Å². The van der Waals surface area contributed by atoms with Crippen LogP contribution in [0.3, 0.4) is 0 Å². The van der Waals surface area contributed by atoms with Crippen molar-refractivity contribution in [2.24, 2.45) is 0 Å². The van der Waals surface area contributed by atoms with Crippen molar-refractivity contribution in [3.05, 3.63) is 48.0 Å². The second-order valence-corrected chi connectivity index (χ2v) is 5.39. The summed E-state index contributed by atoms with van der Waals surface area (Å²) in [5.74, 6) is -0.200. The molecule has 0 atom stereocenters. The first-order valence-electron chi connectivity index (χ1n) is 6.12. The third-order valence-electron chi connectivity index (χ3n) is 2.51. The summed E-state index contributed by atoms with van der Waals surface area (Å²) in [4.78, 5) is 9.14. The highest BCUT2D eigenvalue weighted by molar-refractivity contribution is 7.99. The number of nitrogens with zero attached hydrogens (tertiary/aromatic N) is 2. The molecule has 0 aliphatic heterocycles. The van der Waals surface area contributed by atoms with Gasteiger partial charge in [-0.3, -0.25) is 0 Å². The Hall–Kier alpha value is -1.46. The molecule has 0 bridgehead atoms. The first-order chi connectivity index (χ1) is 9.16. The zero-order valence-electron chi connectivity index (χ0n) is 10.9. The highest BCUT2D eigenvalue weighted by Gasteiger charge is 2.11. The van der Waals surface area contributed by atoms with Gasteiger partial charge in [0.15, 0.2) is 5.16 Å². The van der Waals surface area contributed by atoms with Gasteiger partial charge in [-0.25, -0.2) is 14.4 Å². The monoisotopic (exact) mass is 277 g/mol. The molecule has 0 amide bonds. The second kappa shape index (κ2) is 6.63. The smallest absolute Gasteiger partial charge is 0.192 e. The van der Waals surface area contributed by atoms with E-state index in [1.165, 1.54) is 17.8 Å². The van der Waals surface area contributed by atoms with E-state index in [9.17, 15) is 4.39 Å². The maximum absolute atomic E-state index is 13.9. The number of aromatic nitrogens is 2. The van der Waals surface area contributed by atoms with Gasteiger partial charge in [-0.05, 0) is 30.0 Å². The van der Waals surface area contributed by atoms with E-state index >= 15 is 0 Å². The predicted octanol–water partition coefficient (Wildman–Crippen LogP) is 3.26. The molecule has 2 aromatic rings. The molecule has 0 saturated carbocycles. The third-order valence-corrected chi connectivity index (χ3v) is 3.50. The van der Waals surface area contributed by atoms with Crippen molar-refractivity contribution < 1.29 is 4.39 Å². The van der Waals surface area contributed by atoms with E-state index in [0.717, 1.165) is 4.90 Å². The Balaban J connectivity index is 2.22. The van der Waals surface area contributed by atoms with Crippen molar-refractivity contribution >= 4 is 11.8 Å². The fourth-order valence-corrected chi connectivity index (χ4v) is 2.41. The molecule has 1 heterocycles. The van der Waals surface area contributed by atoms with Gasteiger partial charge < -0.3 is 5.32 Å². The van der Waals surface area contributed by atoms with Gasteiger partial charge in [0.25, 0.3) is 0 Å². The highest BCUT2D eigenvalue weighted by atomic mass is 32.2. The second-order valence-electron chi connectivity index (χ2n) is 4.39. The summed E-state index contributed by atoms with van der Waals surface area (Å²) in [7, 11) is 0. The molecule has 3 nitrogen and oxygen atoms in total. The van der Waals surface area contributed by atoms with Crippen LogP contribution in [-0.2, 0) is 6.54 Å². The molecule has 0 aliphatic carbocycles. The minimum absolute atomic E-state index is 0.200. The molecule has 0 aliphatic rings. The minimum Gasteiger partial charge on any atom is -0.310 e. The van der Waals surface area contributed by atoms with E-state index in [4.69, 9.17) is 0 Å². The normalized spacial score (nSPS) is 10.9. The van der Waals surface area contributed by atoms with E-state index < -0.39 is 0 Å². The topological polar surface area (TPSA) is 37.8 Å². The van der Waals surface area contributed by atoms with Crippen molar-refractivity contribution in [3.8, 4) is 0 Å². The zero-order chi connectivity index (χ0) is 13.7. The first kappa shape index (κ1) is 14.0. The van der Waals surface area contributed by atoms with Gasteiger partial charge in [-0.1, -0.05) is 19.9 Å². The number of benzene rings is 1. The van der Waals surface area contributed by atoms with Crippen LogP contribution in [0.1, 0.15) is 19.4 Å². The number of hydrogen-bond acceptors (Lipinski definition) is 4. The molecule has 0 spiro atoms. The lowest BCUT2D eigenvalue weighted by atomic mass is 10.2. The number of halogens is 1. The average Bonchev–Trinajstić information content (AvgIpc) is 2.39. The lowest BCUT2D eigenvalue weighted by molar-refractivity contribution is 0.546.